The number of carboxylic acid groups (broad SMARTS) is 4. The normalized spacial score (nSPS) is 13.2. The molecule has 0 unspecified atom stereocenters. The van der Waals surface area contributed by atoms with E-state index in [1.807, 2.05) is 5.32 Å². The van der Waals surface area contributed by atoms with Crippen molar-refractivity contribution >= 4 is 88.1 Å². The van der Waals surface area contributed by atoms with Crippen LogP contribution in [0, 0.1) is 5.41 Å². The first-order valence-corrected chi connectivity index (χ1v) is 23.4. The highest BCUT2D eigenvalue weighted by atomic mass is 16.4. The fourth-order valence-electron chi connectivity index (χ4n) is 7.02. The molecule has 4 rings (SSSR count). The molecule has 18 N–H and O–H groups in total. The summed E-state index contributed by atoms with van der Waals surface area (Å²) in [5.74, 6) is -13.6. The minimum absolute atomic E-state index is 0.00294. The molecule has 33 heteroatoms. The maximum Gasteiger partial charge on any atom is 0.326 e. The molecule has 4 aromatic rings. The molecule has 0 aliphatic rings. The fraction of sp³-hybridized carbons (Fsp3) is 0.432. The number of benzene rings is 1. The molecule has 0 fully saturated rings. The van der Waals surface area contributed by atoms with E-state index in [0.29, 0.717) is 17.9 Å². The second-order valence-electron chi connectivity index (χ2n) is 17.1. The van der Waals surface area contributed by atoms with Crippen LogP contribution in [-0.4, -0.2) is 163 Å². The zero-order valence-corrected chi connectivity index (χ0v) is 41.3. The second-order valence-corrected chi connectivity index (χ2v) is 17.1. The average Bonchev–Trinajstić information content (AvgIpc) is 3.82. The van der Waals surface area contributed by atoms with E-state index in [9.17, 15) is 73.2 Å². The number of amides is 6. The Hall–Kier alpha value is -9.85. The Morgan fingerprint density at radius 3 is 1.84 bits per heavy atom. The van der Waals surface area contributed by atoms with Gasteiger partial charge in [-0.3, -0.25) is 63.0 Å². The van der Waals surface area contributed by atoms with Crippen LogP contribution in [0.1, 0.15) is 80.5 Å². The van der Waals surface area contributed by atoms with Crippen molar-refractivity contribution in [2.24, 2.45) is 5.73 Å². The summed E-state index contributed by atoms with van der Waals surface area (Å²) in [5.41, 5.74) is 11.8. The van der Waals surface area contributed by atoms with Crippen molar-refractivity contribution < 1.29 is 68.4 Å². The first-order valence-electron chi connectivity index (χ1n) is 23.4. The number of H-pyrrole nitrogens is 1. The van der Waals surface area contributed by atoms with Gasteiger partial charge in [-0.2, -0.15) is 4.98 Å². The predicted octanol–water partition coefficient (Wildman–Crippen LogP) is -4.14. The van der Waals surface area contributed by atoms with Gasteiger partial charge in [0.15, 0.2) is 17.1 Å². The minimum atomic E-state index is -2.08. The molecular weight excluding hydrogens is 1020 g/mol. The van der Waals surface area contributed by atoms with Crippen molar-refractivity contribution in [3.63, 3.8) is 0 Å². The van der Waals surface area contributed by atoms with E-state index in [1.54, 1.807) is 26.0 Å². The number of hydrogen-bond donors (Lipinski definition) is 16. The van der Waals surface area contributed by atoms with Gasteiger partial charge in [0.2, 0.25) is 35.5 Å². The molecule has 0 aliphatic carbocycles. The SMILES string of the molecule is CCn1cc(C[C@H](NC(=O)[C@H](CC(=O)O)NC(=O)[C@H](CC(=O)O)NC(=O)[C@H](CCCNC(=N)N)NC(=O)[C@H](CC(=O)O)NC(=O)CC[C@@H](C)NC(=O)c2ccc(NCc3cnc4nc(N)[nH]c(=O)c4n3)cc2)C(=O)O)nn1. The Morgan fingerprint density at radius 2 is 1.30 bits per heavy atom. The first kappa shape index (κ1) is 59.7. The fourth-order valence-corrected chi connectivity index (χ4v) is 7.02. The Bertz CT molecular complexity index is 2890. The van der Waals surface area contributed by atoms with Crippen LogP contribution in [0.25, 0.3) is 11.2 Å². The number of nitrogen functional groups attached to an aromatic ring is 1. The molecule has 0 bridgehead atoms. The Morgan fingerprint density at radius 1 is 0.740 bits per heavy atom. The number of aromatic amines is 1. The number of aliphatic carboxylic acids is 4. The van der Waals surface area contributed by atoms with Crippen molar-refractivity contribution in [2.75, 3.05) is 17.6 Å². The zero-order valence-electron chi connectivity index (χ0n) is 41.3. The van der Waals surface area contributed by atoms with Gasteiger partial charge < -0.3 is 74.4 Å². The van der Waals surface area contributed by atoms with Crippen LogP contribution in [0.4, 0.5) is 11.6 Å². The maximum absolute atomic E-state index is 13.8. The van der Waals surface area contributed by atoms with Crippen molar-refractivity contribution in [3.8, 4) is 0 Å². The molecule has 414 valence electrons. The summed E-state index contributed by atoms with van der Waals surface area (Å²) in [5, 5.41) is 72.7. The van der Waals surface area contributed by atoms with E-state index < -0.39 is 133 Å². The van der Waals surface area contributed by atoms with Crippen molar-refractivity contribution in [2.45, 2.75) is 115 Å². The zero-order chi connectivity index (χ0) is 56.9. The maximum atomic E-state index is 13.8. The highest BCUT2D eigenvalue weighted by Gasteiger charge is 2.35. The van der Waals surface area contributed by atoms with Gasteiger partial charge in [-0.15, -0.1) is 5.10 Å². The number of aryl methyl sites for hydroxylation is 1. The van der Waals surface area contributed by atoms with Crippen LogP contribution in [0.2, 0.25) is 0 Å². The number of carboxylic acids is 4. The van der Waals surface area contributed by atoms with Gasteiger partial charge in [-0.1, -0.05) is 5.21 Å². The van der Waals surface area contributed by atoms with Crippen molar-refractivity contribution in [3.05, 3.63) is 64.0 Å². The number of nitrogens with zero attached hydrogens (tertiary/aromatic N) is 6. The topological polar surface area (TPSA) is 526 Å². The number of hydrogen-bond acceptors (Lipinski definition) is 19. The van der Waals surface area contributed by atoms with Crippen LogP contribution >= 0.6 is 0 Å². The number of nitrogens with two attached hydrogens (primary N) is 2. The molecule has 3 aromatic heterocycles. The van der Waals surface area contributed by atoms with E-state index in [4.69, 9.17) is 16.9 Å². The van der Waals surface area contributed by atoms with Crippen molar-refractivity contribution in [1.82, 2.24) is 72.1 Å². The summed E-state index contributed by atoms with van der Waals surface area (Å²) in [4.78, 5) is 155. The van der Waals surface area contributed by atoms with E-state index in [-0.39, 0.29) is 67.1 Å². The summed E-state index contributed by atoms with van der Waals surface area (Å²) in [6.45, 7) is 3.80. The van der Waals surface area contributed by atoms with E-state index in [1.165, 1.54) is 29.2 Å². The lowest BCUT2D eigenvalue weighted by molar-refractivity contribution is -0.145. The van der Waals surface area contributed by atoms with Crippen LogP contribution in [-0.2, 0) is 62.7 Å². The molecule has 1 aromatic carbocycles. The first-order chi connectivity index (χ1) is 36.4. The number of rotatable bonds is 31. The second kappa shape index (κ2) is 28.6. The Kier molecular flexibility index (Phi) is 22.1. The summed E-state index contributed by atoms with van der Waals surface area (Å²) >= 11 is 0. The highest BCUT2D eigenvalue weighted by Crippen LogP contribution is 2.13. The van der Waals surface area contributed by atoms with Gasteiger partial charge >= 0.3 is 23.9 Å². The number of anilines is 2. The monoisotopic (exact) mass is 1080 g/mol. The number of guanidine groups is 1. The lowest BCUT2D eigenvalue weighted by Crippen LogP contribution is -2.59. The number of carbonyl (C=O) groups is 10. The van der Waals surface area contributed by atoms with Gasteiger partial charge in [-0.25, -0.2) is 14.8 Å². The predicted molar refractivity (Wildman–Crippen MR) is 265 cm³/mol. The molecule has 0 aliphatic heterocycles. The molecule has 6 amide bonds. The quantitative estimate of drug-likeness (QED) is 0.0129. The van der Waals surface area contributed by atoms with Crippen LogP contribution in [0.3, 0.4) is 0 Å². The van der Waals surface area contributed by atoms with Gasteiger partial charge in [0.25, 0.3) is 11.5 Å². The van der Waals surface area contributed by atoms with Gasteiger partial charge in [-0.05, 0) is 57.4 Å². The number of aromatic nitrogens is 7. The third kappa shape index (κ3) is 19.8. The van der Waals surface area contributed by atoms with Crippen molar-refractivity contribution in [1.29, 1.82) is 5.41 Å². The van der Waals surface area contributed by atoms with Crippen LogP contribution < -0.4 is 59.6 Å². The molecule has 77 heavy (non-hydrogen) atoms. The molecule has 33 nitrogen and oxygen atoms in total. The van der Waals surface area contributed by atoms with Gasteiger partial charge in [0, 0.05) is 49.4 Å². The summed E-state index contributed by atoms with van der Waals surface area (Å²) in [6, 6.07) is -3.72. The number of nitrogens with one attached hydrogen (secondary N) is 10. The third-order valence-corrected chi connectivity index (χ3v) is 10.9. The Labute approximate surface area is 435 Å². The number of fused-ring (bicyclic) bond motifs is 1. The third-order valence-electron chi connectivity index (χ3n) is 10.9. The lowest BCUT2D eigenvalue weighted by atomic mass is 10.1. The lowest BCUT2D eigenvalue weighted by Gasteiger charge is -2.26. The van der Waals surface area contributed by atoms with Crippen LogP contribution in [0.5, 0.6) is 0 Å². The Balaban J connectivity index is 1.38. The standard InChI is InChI=1S/C44H58N18O15/c1-3-62-19-23(60-61-62)13-29(42(76)77)57-40(74)28(16-33(68)69)56-39(73)27(15-32(66)67)55-37(71)25(5-4-12-48-43(45)46)54-38(72)26(14-31(64)65)53-30(63)11-6-20(2)51-36(70)21-7-9-22(10-8-21)49-17-24-18-50-35-34(52-24)41(75)59-44(47)58-35/h7-10,18-20,25-29,49H,3-6,11-17H2,1-2H3,(H,51,70)(H,53,63)(H,54,72)(H,55,71)(H,56,73)(H,57,74)(H,64,65)(H,66,67)(H,68,69)(H,76,77)(H4,45,46,48)(H3,47,50,58,59,75)/t20-,25+,26+,27+,28+,29+/m1/s1. The summed E-state index contributed by atoms with van der Waals surface area (Å²) in [7, 11) is 0. The van der Waals surface area contributed by atoms with Crippen LogP contribution in [0.15, 0.2) is 41.5 Å². The average molecular weight is 1080 g/mol. The summed E-state index contributed by atoms with van der Waals surface area (Å²) in [6.07, 6.45) is -1.64. The van der Waals surface area contributed by atoms with Gasteiger partial charge in [0.05, 0.1) is 43.4 Å². The largest absolute Gasteiger partial charge is 0.481 e. The molecule has 0 saturated carbocycles. The smallest absolute Gasteiger partial charge is 0.326 e. The molecular formula is C44H58N18O15. The summed E-state index contributed by atoms with van der Waals surface area (Å²) < 4.78 is 1.37. The minimum Gasteiger partial charge on any atom is -0.481 e. The van der Waals surface area contributed by atoms with E-state index in [2.05, 4.69) is 67.5 Å². The van der Waals surface area contributed by atoms with E-state index >= 15 is 0 Å². The number of carbonyl (C=O) groups excluding carboxylic acids is 6. The molecule has 0 saturated heterocycles. The molecule has 0 radical (unpaired) electrons. The molecule has 6 atom stereocenters. The highest BCUT2D eigenvalue weighted by molar-refractivity contribution is 5.99. The molecule has 3 heterocycles. The van der Waals surface area contributed by atoms with Gasteiger partial charge in [0.1, 0.15) is 30.2 Å². The molecule has 0 spiro atoms. The van der Waals surface area contributed by atoms with E-state index in [0.717, 1.165) is 0 Å².